The van der Waals surface area contributed by atoms with Gasteiger partial charge in [0.15, 0.2) is 0 Å². The number of hydrogen-bond acceptors (Lipinski definition) is 7. The number of aromatic nitrogens is 4. The van der Waals surface area contributed by atoms with Crippen molar-refractivity contribution < 1.29 is 0 Å². The molecule has 0 bridgehead atoms. The third kappa shape index (κ3) is 5.46. The second-order valence-electron chi connectivity index (χ2n) is 10.8. The van der Waals surface area contributed by atoms with E-state index in [0.29, 0.717) is 5.95 Å². The van der Waals surface area contributed by atoms with E-state index in [2.05, 4.69) is 87.3 Å². The number of nitrogens with one attached hydrogen (secondary N) is 1. The molecule has 0 spiro atoms. The Kier molecular flexibility index (Phi) is 7.43. The molecular weight excluding hydrogens is 484 g/mol. The molecule has 4 heterocycles. The lowest BCUT2D eigenvalue weighted by atomic mass is 10.1. The zero-order valence-electron chi connectivity index (χ0n) is 23.1. The second kappa shape index (κ2) is 11.4. The molecule has 0 aliphatic carbocycles. The van der Waals surface area contributed by atoms with Crippen molar-refractivity contribution in [2.24, 2.45) is 5.10 Å². The largest absolute Gasteiger partial charge is 0.341 e. The van der Waals surface area contributed by atoms with Gasteiger partial charge in [0.1, 0.15) is 0 Å². The number of anilines is 3. The number of aryl methyl sites for hydroxylation is 1. The van der Waals surface area contributed by atoms with Crippen LogP contribution >= 0.6 is 0 Å². The maximum atomic E-state index is 4.89. The second-order valence-corrected chi connectivity index (χ2v) is 10.8. The van der Waals surface area contributed by atoms with E-state index in [1.807, 2.05) is 6.21 Å². The third-order valence-corrected chi connectivity index (χ3v) is 8.12. The van der Waals surface area contributed by atoms with Gasteiger partial charge < -0.3 is 14.4 Å². The van der Waals surface area contributed by atoms with Crippen molar-refractivity contribution in [2.45, 2.75) is 58.9 Å². The summed E-state index contributed by atoms with van der Waals surface area (Å²) >= 11 is 0. The van der Waals surface area contributed by atoms with Gasteiger partial charge in [0.25, 0.3) is 0 Å². The minimum atomic E-state index is 0.503. The molecule has 4 aromatic rings. The Morgan fingerprint density at radius 2 is 1.38 bits per heavy atom. The molecule has 2 aromatic carbocycles. The summed E-state index contributed by atoms with van der Waals surface area (Å²) in [6.45, 7) is 9.14. The van der Waals surface area contributed by atoms with E-state index in [1.165, 1.54) is 66.2 Å². The van der Waals surface area contributed by atoms with E-state index >= 15 is 0 Å². The fraction of sp³-hybridized carbons (Fsp3) is 0.419. The lowest BCUT2D eigenvalue weighted by molar-refractivity contribution is 0.556. The molecule has 202 valence electrons. The molecule has 0 unspecified atom stereocenters. The molecule has 2 aromatic heterocycles. The molecule has 1 N–H and O–H groups in total. The summed E-state index contributed by atoms with van der Waals surface area (Å²) in [7, 11) is 0. The predicted octanol–water partition coefficient (Wildman–Crippen LogP) is 5.92. The molecule has 6 rings (SSSR count). The summed E-state index contributed by atoms with van der Waals surface area (Å²) in [5, 5.41) is 5.84. The minimum Gasteiger partial charge on any atom is -0.341 e. The molecular formula is C31H38N8. The summed E-state index contributed by atoms with van der Waals surface area (Å²) in [6.07, 6.45) is 9.17. The van der Waals surface area contributed by atoms with Gasteiger partial charge in [-0.3, -0.25) is 0 Å². The van der Waals surface area contributed by atoms with Gasteiger partial charge in [-0.25, -0.2) is 5.43 Å². The summed E-state index contributed by atoms with van der Waals surface area (Å²) in [6, 6.07) is 17.1. The van der Waals surface area contributed by atoms with E-state index in [9.17, 15) is 0 Å². The smallest absolute Gasteiger partial charge is 0.250 e. The van der Waals surface area contributed by atoms with E-state index in [4.69, 9.17) is 15.0 Å². The highest BCUT2D eigenvalue weighted by Crippen LogP contribution is 2.27. The molecule has 0 radical (unpaired) electrons. The lowest BCUT2D eigenvalue weighted by Crippen LogP contribution is -2.34. The lowest BCUT2D eigenvalue weighted by Gasteiger charge is -2.30. The fourth-order valence-electron chi connectivity index (χ4n) is 5.81. The first-order valence-corrected chi connectivity index (χ1v) is 14.3. The third-order valence-electron chi connectivity index (χ3n) is 8.12. The van der Waals surface area contributed by atoms with Crippen LogP contribution in [-0.4, -0.2) is 51.9 Å². The van der Waals surface area contributed by atoms with Crippen molar-refractivity contribution in [1.82, 2.24) is 19.5 Å². The van der Waals surface area contributed by atoms with E-state index in [-0.39, 0.29) is 0 Å². The number of piperidine rings is 2. The summed E-state index contributed by atoms with van der Waals surface area (Å²) in [5.41, 5.74) is 9.28. The first kappa shape index (κ1) is 25.3. The zero-order chi connectivity index (χ0) is 26.6. The van der Waals surface area contributed by atoms with Crippen LogP contribution in [0.15, 0.2) is 53.6 Å². The van der Waals surface area contributed by atoms with E-state index in [0.717, 1.165) is 50.2 Å². The molecule has 0 amide bonds. The van der Waals surface area contributed by atoms with Crippen molar-refractivity contribution >= 4 is 35.0 Å². The van der Waals surface area contributed by atoms with Crippen LogP contribution in [0.2, 0.25) is 0 Å². The van der Waals surface area contributed by atoms with Gasteiger partial charge in [0.05, 0.1) is 6.21 Å². The average Bonchev–Trinajstić information content (AvgIpc) is 3.25. The monoisotopic (exact) mass is 522 g/mol. The highest BCUT2D eigenvalue weighted by atomic mass is 15.4. The Bertz CT molecular complexity index is 1420. The Morgan fingerprint density at radius 3 is 2.05 bits per heavy atom. The van der Waals surface area contributed by atoms with Crippen molar-refractivity contribution in [3.05, 3.63) is 70.9 Å². The van der Waals surface area contributed by atoms with Crippen LogP contribution in [0, 0.1) is 13.8 Å². The van der Waals surface area contributed by atoms with Crippen LogP contribution in [0.25, 0.3) is 10.9 Å². The molecule has 0 atom stereocenters. The van der Waals surface area contributed by atoms with Gasteiger partial charge in [-0.1, -0.05) is 42.5 Å². The van der Waals surface area contributed by atoms with E-state index in [1.54, 1.807) is 0 Å². The molecule has 2 aliphatic rings. The first-order valence-electron chi connectivity index (χ1n) is 14.3. The van der Waals surface area contributed by atoms with Gasteiger partial charge in [-0.15, -0.1) is 0 Å². The highest BCUT2D eigenvalue weighted by Gasteiger charge is 2.20. The van der Waals surface area contributed by atoms with Crippen molar-refractivity contribution in [2.75, 3.05) is 41.4 Å². The van der Waals surface area contributed by atoms with Gasteiger partial charge in [-0.2, -0.15) is 20.1 Å². The van der Waals surface area contributed by atoms with Crippen LogP contribution in [0.1, 0.15) is 60.9 Å². The number of rotatable bonds is 7. The quantitative estimate of drug-likeness (QED) is 0.240. The zero-order valence-corrected chi connectivity index (χ0v) is 23.1. The van der Waals surface area contributed by atoms with Gasteiger partial charge in [0.2, 0.25) is 17.8 Å². The number of benzene rings is 2. The van der Waals surface area contributed by atoms with Gasteiger partial charge in [0, 0.05) is 54.9 Å². The van der Waals surface area contributed by atoms with Crippen LogP contribution in [0.3, 0.4) is 0 Å². The number of nitrogens with zero attached hydrogens (tertiary/aromatic N) is 7. The van der Waals surface area contributed by atoms with Crippen molar-refractivity contribution in [1.29, 1.82) is 0 Å². The van der Waals surface area contributed by atoms with Crippen LogP contribution in [0.4, 0.5) is 17.8 Å². The maximum absolute atomic E-state index is 4.89. The highest BCUT2D eigenvalue weighted by molar-refractivity contribution is 6.01. The van der Waals surface area contributed by atoms with Crippen LogP contribution in [0.5, 0.6) is 0 Å². The summed E-state index contributed by atoms with van der Waals surface area (Å²) < 4.78 is 2.38. The number of para-hydroxylation sites is 1. The molecule has 0 saturated carbocycles. The Labute approximate surface area is 230 Å². The van der Waals surface area contributed by atoms with Gasteiger partial charge >= 0.3 is 0 Å². The van der Waals surface area contributed by atoms with Crippen LogP contribution in [-0.2, 0) is 6.54 Å². The van der Waals surface area contributed by atoms with Crippen molar-refractivity contribution in [3.8, 4) is 0 Å². The Balaban J connectivity index is 1.30. The molecule has 2 saturated heterocycles. The SMILES string of the molecule is Cc1ccccc1Cn1c(C)c(/C=N/Nc2nc(N3CCCCC3)nc(N3CCCCC3)n2)c2ccccc21. The molecule has 2 fully saturated rings. The molecule has 8 heteroatoms. The molecule has 2 aliphatic heterocycles. The topological polar surface area (TPSA) is 74.5 Å². The predicted molar refractivity (Wildman–Crippen MR) is 160 cm³/mol. The van der Waals surface area contributed by atoms with Gasteiger partial charge in [-0.05, 0) is 69.6 Å². The Hall–Kier alpha value is -3.94. The molecule has 39 heavy (non-hydrogen) atoms. The summed E-state index contributed by atoms with van der Waals surface area (Å²) in [5.74, 6) is 2.02. The van der Waals surface area contributed by atoms with E-state index < -0.39 is 0 Å². The average molecular weight is 523 g/mol. The van der Waals surface area contributed by atoms with Crippen LogP contribution < -0.4 is 15.2 Å². The summed E-state index contributed by atoms with van der Waals surface area (Å²) in [4.78, 5) is 19.0. The fourth-order valence-corrected chi connectivity index (χ4v) is 5.81. The maximum Gasteiger partial charge on any atom is 0.250 e. The standard InChI is InChI=1S/C31H38N8/c1-23-13-5-6-14-25(23)22-39-24(2)27(26-15-7-8-16-28(26)39)21-32-36-29-33-30(37-17-9-3-10-18-37)35-31(34-29)38-19-11-4-12-20-38/h5-8,13-16,21H,3-4,9-12,17-20,22H2,1-2H3,(H,33,34,35,36)/b32-21+. The Morgan fingerprint density at radius 1 is 0.769 bits per heavy atom. The molecule has 8 nitrogen and oxygen atoms in total. The number of hydrogen-bond donors (Lipinski definition) is 1. The number of hydrazone groups is 1. The number of fused-ring (bicyclic) bond motifs is 1. The first-order chi connectivity index (χ1) is 19.2. The minimum absolute atomic E-state index is 0.503. The van der Waals surface area contributed by atoms with Crippen molar-refractivity contribution in [3.63, 3.8) is 0 Å². The normalized spacial score (nSPS) is 16.4.